The number of nitrogens with zero attached hydrogens (tertiary/aromatic N) is 10. The van der Waals surface area contributed by atoms with Crippen LogP contribution in [0, 0.1) is 57.9 Å². The lowest BCUT2D eigenvalue weighted by atomic mass is 9.85. The molecule has 5 saturated heterocycles. The summed E-state index contributed by atoms with van der Waals surface area (Å²) >= 11 is 9.33. The number of anilines is 5. The lowest BCUT2D eigenvalue weighted by Gasteiger charge is -2.28. The average Bonchev–Trinajstić information content (AvgIpc) is 1.63. The minimum Gasteiger partial charge on any atom is -0.477 e. The molecule has 20 nitrogen and oxygen atoms in total. The predicted octanol–water partition coefficient (Wildman–Crippen LogP) is 23.6. The van der Waals surface area contributed by atoms with E-state index in [1.54, 1.807) is 63.5 Å². The third-order valence-corrected chi connectivity index (χ3v) is 30.2. The summed E-state index contributed by atoms with van der Waals surface area (Å²) in [5.41, 5.74) is 12.4. The van der Waals surface area contributed by atoms with E-state index in [4.69, 9.17) is 48.4 Å². The number of benzene rings is 8. The first-order valence-electron chi connectivity index (χ1n) is 43.0. The van der Waals surface area contributed by atoms with Gasteiger partial charge in [-0.25, -0.2) is 47.3 Å². The zero-order valence-corrected chi connectivity index (χ0v) is 76.8. The average molecular weight is 1850 g/mol. The number of thiophene rings is 4. The fraction of sp³-hybridized carbons (Fsp3) is 0.310. The van der Waals surface area contributed by atoms with Crippen molar-refractivity contribution >= 4 is 176 Å². The van der Waals surface area contributed by atoms with Gasteiger partial charge in [-0.2, -0.15) is 0 Å². The molecule has 5 fully saturated rings. The molecule has 7 aromatic heterocycles. The number of rotatable bonds is 19. The van der Waals surface area contributed by atoms with E-state index >= 15 is 0 Å². The number of halogens is 3. The van der Waals surface area contributed by atoms with Crippen molar-refractivity contribution in [1.29, 1.82) is 0 Å². The highest BCUT2D eigenvalue weighted by Crippen LogP contribution is 2.51. The van der Waals surface area contributed by atoms with E-state index in [1.807, 2.05) is 53.4 Å². The van der Waals surface area contributed by atoms with Gasteiger partial charge in [0.2, 0.25) is 17.1 Å². The molecule has 662 valence electrons. The lowest BCUT2D eigenvalue weighted by Crippen LogP contribution is -2.36. The van der Waals surface area contributed by atoms with Crippen LogP contribution in [0.5, 0.6) is 0 Å². The van der Waals surface area contributed by atoms with E-state index in [2.05, 4.69) is 150 Å². The fourth-order valence-corrected chi connectivity index (χ4v) is 23.0. The summed E-state index contributed by atoms with van der Waals surface area (Å²) in [5.74, 6) is -2.89. The third-order valence-electron chi connectivity index (χ3n) is 23.5. The molecule has 20 rings (SSSR count). The monoisotopic (exact) mass is 1840 g/mol. The van der Waals surface area contributed by atoms with Crippen LogP contribution in [0.3, 0.4) is 0 Å². The third kappa shape index (κ3) is 21.5. The van der Waals surface area contributed by atoms with Crippen molar-refractivity contribution in [2.45, 2.75) is 72.1 Å². The standard InChI is InChI=1S/C24H24N2O3S.C19H18FN3OS.C19H17FN2O3S.C19H19FN2OS.C19H18N2OS2/c1-3-6-19(18-10-9-16-7-4-5-8-17(16)15-18)20-21(25-2)23(30-22(20)24(27)28)26-11-13-29-14-12-26;1-12-16(11-15-10-13-9-14(20)3-4-17(13)22-15)18(21-2)19(25-12)23-5-7-24-8-6-23;20-15-10-13-4-2-1-3-12(13)9-14(15)11-16-17(18(23)24)26-19(21-16)22-5-7-25-8-6-22;1-13-18(21-19(24-13)22-6-8-23-9-7-22)11-14-2-3-15-4-5-17(20)12-16(15)10-14;1-13-16(12-14-3-4-17-15(11-14)5-10-23-17)18(20-2)19(24-13)21-6-8-22-9-7-21/h4-5,7-10,15,19H,3,6,11-14H2,1H3,(H,27,28);3-4,9-10,22H,5-8,11H2,1H3;1-4,9-10H,5-8,11H2,(H,23,24);2-5,10,12H,6-9,11H2,1H3;3-5,10-11H,6-9,12H2,1H3. The number of aromatic nitrogens is 3. The molecule has 0 aliphatic carbocycles. The number of ether oxygens (including phenoxy) is 5. The van der Waals surface area contributed by atoms with Gasteiger partial charge in [0.15, 0.2) is 10.3 Å². The molecule has 5 aliphatic heterocycles. The van der Waals surface area contributed by atoms with Gasteiger partial charge < -0.3 is 63.4 Å². The smallest absolute Gasteiger partial charge is 0.347 e. The summed E-state index contributed by atoms with van der Waals surface area (Å²) in [6.07, 6.45) is 4.10. The molecule has 0 radical (unpaired) electrons. The number of H-pyrrole nitrogens is 1. The van der Waals surface area contributed by atoms with Crippen molar-refractivity contribution in [1.82, 2.24) is 15.0 Å². The number of hydrogen-bond donors (Lipinski definition) is 3. The largest absolute Gasteiger partial charge is 0.477 e. The number of carbonyl (C=O) groups is 2. The fourth-order valence-electron chi connectivity index (χ4n) is 16.8. The Kier molecular flexibility index (Phi) is 29.8. The summed E-state index contributed by atoms with van der Waals surface area (Å²) in [4.78, 5) is 63.2. The second kappa shape index (κ2) is 42.3. The van der Waals surface area contributed by atoms with Crippen LogP contribution in [0.15, 0.2) is 169 Å². The van der Waals surface area contributed by atoms with Gasteiger partial charge in [0.1, 0.15) is 27.2 Å². The van der Waals surface area contributed by atoms with Crippen LogP contribution in [-0.4, -0.2) is 169 Å². The van der Waals surface area contributed by atoms with Gasteiger partial charge in [0.25, 0.3) is 0 Å². The number of aromatic amines is 1. The lowest BCUT2D eigenvalue weighted by molar-refractivity contribution is 0.0690. The summed E-state index contributed by atoms with van der Waals surface area (Å²) in [7, 11) is 0. The number of aromatic carboxylic acids is 2. The van der Waals surface area contributed by atoms with Crippen molar-refractivity contribution in [3.8, 4) is 0 Å². The van der Waals surface area contributed by atoms with E-state index in [1.165, 1.54) is 66.6 Å². The molecule has 5 aliphatic rings. The Hall–Kier alpha value is -11.6. The van der Waals surface area contributed by atoms with Crippen molar-refractivity contribution in [3.63, 3.8) is 0 Å². The first kappa shape index (κ1) is 90.7. The van der Waals surface area contributed by atoms with Crippen molar-refractivity contribution in [2.24, 2.45) is 0 Å². The molecule has 129 heavy (non-hydrogen) atoms. The molecule has 15 aromatic rings. The second-order valence-electron chi connectivity index (χ2n) is 31.9. The molecule has 0 saturated carbocycles. The van der Waals surface area contributed by atoms with Crippen LogP contribution in [0.2, 0.25) is 0 Å². The van der Waals surface area contributed by atoms with Crippen LogP contribution in [0.4, 0.5) is 55.5 Å². The van der Waals surface area contributed by atoms with Gasteiger partial charge in [-0.1, -0.05) is 128 Å². The van der Waals surface area contributed by atoms with Crippen LogP contribution in [0.25, 0.3) is 67.8 Å². The van der Waals surface area contributed by atoms with E-state index in [-0.39, 0.29) is 39.5 Å². The maximum absolute atomic E-state index is 14.5. The second-order valence-corrected chi connectivity index (χ2v) is 38.4. The zero-order valence-electron chi connectivity index (χ0n) is 71.9. The number of hydrogen-bond acceptors (Lipinski definition) is 20. The van der Waals surface area contributed by atoms with Crippen molar-refractivity contribution < 1.29 is 56.7 Å². The van der Waals surface area contributed by atoms with E-state index in [0.717, 1.165) is 210 Å². The molecule has 1 unspecified atom stereocenters. The summed E-state index contributed by atoms with van der Waals surface area (Å²) in [6.45, 7) is 46.5. The molecule has 8 aromatic carbocycles. The normalized spacial score (nSPS) is 15.0. The van der Waals surface area contributed by atoms with Gasteiger partial charge in [-0.05, 0) is 186 Å². The Bertz CT molecular complexity index is 6660. The quantitative estimate of drug-likeness (QED) is 0.0647. The van der Waals surface area contributed by atoms with Gasteiger partial charge in [0.05, 0.1) is 112 Å². The number of morpholine rings is 5. The first-order valence-corrected chi connectivity index (χ1v) is 48.0. The number of fused-ring (bicyclic) bond motifs is 5. The molecule has 0 amide bonds. The van der Waals surface area contributed by atoms with Crippen LogP contribution in [0.1, 0.15) is 116 Å². The zero-order chi connectivity index (χ0) is 89.6. The van der Waals surface area contributed by atoms with Gasteiger partial charge in [0, 0.05) is 117 Å². The van der Waals surface area contributed by atoms with Crippen LogP contribution in [-0.2, 0) is 49.4 Å². The highest BCUT2D eigenvalue weighted by molar-refractivity contribution is 7.19. The minimum atomic E-state index is -1.03. The summed E-state index contributed by atoms with van der Waals surface area (Å²) in [6, 6.07) is 51.9. The van der Waals surface area contributed by atoms with Gasteiger partial charge in [-0.3, -0.25) is 0 Å². The highest BCUT2D eigenvalue weighted by atomic mass is 32.1. The van der Waals surface area contributed by atoms with Crippen LogP contribution < -0.4 is 24.5 Å². The molecular formula is C100H96F3N11O9S6. The Labute approximate surface area is 771 Å². The molecule has 3 N–H and O–H groups in total. The number of carboxylic acids is 2. The first-order chi connectivity index (χ1) is 62.8. The van der Waals surface area contributed by atoms with Gasteiger partial charge in [-0.15, -0.1) is 56.7 Å². The maximum atomic E-state index is 14.5. The number of thiazole rings is 2. The molecule has 12 heterocycles. The molecule has 1 atom stereocenters. The van der Waals surface area contributed by atoms with E-state index < -0.39 is 11.9 Å². The number of aryl methyl sites for hydroxylation is 3. The molecular weight excluding hydrogens is 1750 g/mol. The van der Waals surface area contributed by atoms with Gasteiger partial charge >= 0.3 is 11.9 Å². The Balaban J connectivity index is 0.000000118. The van der Waals surface area contributed by atoms with E-state index in [0.29, 0.717) is 99.9 Å². The summed E-state index contributed by atoms with van der Waals surface area (Å²) in [5, 5.41) is 34.5. The Morgan fingerprint density at radius 3 is 1.51 bits per heavy atom. The topological polar surface area (TPSA) is 192 Å². The SMILES string of the molecule is Cc1sc(N2CCOCC2)nc1Cc1ccc2ccc(F)cc2c1.O=C(O)c1sc(N2CCOCC2)nc1Cc1cc2ccccc2cc1F.[C-]#[N+]c1c(N2CCOCC2)sc(C(=O)O)c1C(CCC)c1ccc2ccccc2c1.[C-]#[N+]c1c(N2CCOCC2)sc(C)c1Cc1cc2cc(F)ccc2[nH]1.[C-]#[N+]c1c(N2CCOCC2)sc(C)c1Cc1ccc2sccc2c1. The maximum Gasteiger partial charge on any atom is 0.347 e. The molecule has 0 spiro atoms. The van der Waals surface area contributed by atoms with E-state index in [9.17, 15) is 33.0 Å². The number of carboxylic acid groups (broad SMARTS) is 2. The minimum absolute atomic E-state index is 0.124. The number of nitrogens with one attached hydrogen (secondary N) is 1. The van der Waals surface area contributed by atoms with Crippen molar-refractivity contribution in [2.75, 3.05) is 156 Å². The Morgan fingerprint density at radius 1 is 0.450 bits per heavy atom. The Morgan fingerprint density at radius 2 is 0.930 bits per heavy atom. The molecule has 29 heteroatoms. The highest BCUT2D eigenvalue weighted by Gasteiger charge is 2.34. The summed E-state index contributed by atoms with van der Waals surface area (Å²) < 4.78 is 69.7. The van der Waals surface area contributed by atoms with Crippen LogP contribution >= 0.6 is 68.0 Å². The van der Waals surface area contributed by atoms with Crippen molar-refractivity contribution in [3.05, 3.63) is 301 Å². The predicted molar refractivity (Wildman–Crippen MR) is 519 cm³/mol. The molecule has 0 bridgehead atoms.